The molecule has 0 saturated heterocycles. The predicted octanol–water partition coefficient (Wildman–Crippen LogP) is 3.45. The number of aromatic nitrogens is 2. The number of anilines is 1. The first-order valence-corrected chi connectivity index (χ1v) is 7.10. The van der Waals surface area contributed by atoms with Crippen LogP contribution in [0, 0.1) is 10.1 Å². The maximum Gasteiger partial charge on any atom is 0.333 e. The molecule has 2 aromatic rings. The Morgan fingerprint density at radius 2 is 2.00 bits per heavy atom. The van der Waals surface area contributed by atoms with Crippen molar-refractivity contribution in [2.45, 2.75) is 32.7 Å². The summed E-state index contributed by atoms with van der Waals surface area (Å²) in [6.45, 7) is 3.92. The number of nitro groups is 1. The minimum Gasteiger partial charge on any atom is -0.358 e. The molecular weight excluding hydrogens is 268 g/mol. The lowest BCUT2D eigenvalue weighted by atomic mass is 10.0. The third-order valence-corrected chi connectivity index (χ3v) is 3.53. The Hall–Kier alpha value is -2.37. The van der Waals surface area contributed by atoms with Crippen LogP contribution in [0.1, 0.15) is 37.6 Å². The summed E-state index contributed by atoms with van der Waals surface area (Å²) < 4.78 is 1.56. The van der Waals surface area contributed by atoms with E-state index in [0.717, 1.165) is 12.0 Å². The fourth-order valence-corrected chi connectivity index (χ4v) is 2.43. The number of nitrogens with one attached hydrogen (secondary N) is 1. The van der Waals surface area contributed by atoms with E-state index < -0.39 is 0 Å². The fraction of sp³-hybridized carbons (Fsp3) is 0.400. The topological polar surface area (TPSA) is 73.0 Å². The normalized spacial score (nSPS) is 12.1. The molecule has 0 bridgehead atoms. The largest absolute Gasteiger partial charge is 0.358 e. The SMILES string of the molecule is CCc1nn(C)c(NC(CC)c2ccccc2)c1[N+](=O)[O-]. The Morgan fingerprint density at radius 1 is 1.33 bits per heavy atom. The first-order chi connectivity index (χ1) is 10.1. The third-order valence-electron chi connectivity index (χ3n) is 3.53. The Labute approximate surface area is 123 Å². The van der Waals surface area contributed by atoms with Gasteiger partial charge < -0.3 is 5.32 Å². The zero-order valence-corrected chi connectivity index (χ0v) is 12.5. The zero-order chi connectivity index (χ0) is 15.4. The van der Waals surface area contributed by atoms with Gasteiger partial charge in [-0.05, 0) is 18.4 Å². The highest BCUT2D eigenvalue weighted by atomic mass is 16.6. The molecule has 0 fully saturated rings. The molecule has 0 radical (unpaired) electrons. The lowest BCUT2D eigenvalue weighted by molar-refractivity contribution is -0.384. The van der Waals surface area contributed by atoms with E-state index in [1.165, 1.54) is 0 Å². The van der Waals surface area contributed by atoms with E-state index in [-0.39, 0.29) is 16.7 Å². The van der Waals surface area contributed by atoms with E-state index in [4.69, 9.17) is 0 Å². The van der Waals surface area contributed by atoms with Gasteiger partial charge in [-0.25, -0.2) is 4.68 Å². The Kier molecular flexibility index (Phi) is 4.57. The van der Waals surface area contributed by atoms with Crippen molar-refractivity contribution >= 4 is 11.5 Å². The van der Waals surface area contributed by atoms with Gasteiger partial charge in [0.15, 0.2) is 0 Å². The number of hydrogen-bond donors (Lipinski definition) is 1. The second-order valence-electron chi connectivity index (χ2n) is 4.89. The van der Waals surface area contributed by atoms with Crippen molar-refractivity contribution < 1.29 is 4.92 Å². The van der Waals surface area contributed by atoms with Crippen molar-refractivity contribution in [3.05, 3.63) is 51.7 Å². The number of benzene rings is 1. The first-order valence-electron chi connectivity index (χ1n) is 7.10. The molecule has 0 aliphatic carbocycles. The number of aryl methyl sites for hydroxylation is 2. The van der Waals surface area contributed by atoms with E-state index >= 15 is 0 Å². The molecule has 0 amide bonds. The molecule has 1 N–H and O–H groups in total. The molecule has 0 saturated carbocycles. The highest BCUT2D eigenvalue weighted by Gasteiger charge is 2.27. The summed E-state index contributed by atoms with van der Waals surface area (Å²) in [7, 11) is 1.73. The standard InChI is InChI=1S/C15H20N4O2/c1-4-12(11-9-7-6-8-10-11)16-15-14(19(20)21)13(5-2)17-18(15)3/h6-10,12,16H,4-5H2,1-3H3. The average Bonchev–Trinajstić information content (AvgIpc) is 2.81. The third kappa shape index (κ3) is 3.04. The van der Waals surface area contributed by atoms with Crippen molar-refractivity contribution in [1.29, 1.82) is 0 Å². The van der Waals surface area contributed by atoms with Crippen LogP contribution in [0.4, 0.5) is 11.5 Å². The summed E-state index contributed by atoms with van der Waals surface area (Å²) >= 11 is 0. The number of nitrogens with zero attached hydrogens (tertiary/aromatic N) is 3. The molecule has 0 aliphatic rings. The molecule has 1 heterocycles. The second kappa shape index (κ2) is 6.39. The van der Waals surface area contributed by atoms with Gasteiger partial charge in [0.2, 0.25) is 5.82 Å². The lowest BCUT2D eigenvalue weighted by Crippen LogP contribution is -2.13. The Morgan fingerprint density at radius 3 is 2.52 bits per heavy atom. The maximum absolute atomic E-state index is 11.3. The van der Waals surface area contributed by atoms with Crippen molar-refractivity contribution in [1.82, 2.24) is 9.78 Å². The number of rotatable bonds is 6. The van der Waals surface area contributed by atoms with E-state index in [1.807, 2.05) is 44.2 Å². The molecule has 1 aromatic carbocycles. The fourth-order valence-electron chi connectivity index (χ4n) is 2.43. The molecule has 2 rings (SSSR count). The van der Waals surface area contributed by atoms with Crippen molar-refractivity contribution in [3.63, 3.8) is 0 Å². The van der Waals surface area contributed by atoms with Gasteiger partial charge in [-0.1, -0.05) is 44.2 Å². The minimum atomic E-state index is -0.355. The van der Waals surface area contributed by atoms with E-state index in [9.17, 15) is 10.1 Å². The molecule has 0 aliphatic heterocycles. The van der Waals surface area contributed by atoms with Gasteiger partial charge in [0.05, 0.1) is 11.0 Å². The second-order valence-corrected chi connectivity index (χ2v) is 4.89. The molecule has 1 aromatic heterocycles. The number of hydrogen-bond acceptors (Lipinski definition) is 4. The van der Waals surface area contributed by atoms with Gasteiger partial charge >= 0.3 is 5.69 Å². The van der Waals surface area contributed by atoms with Crippen molar-refractivity contribution in [2.75, 3.05) is 5.32 Å². The average molecular weight is 288 g/mol. The Bertz CT molecular complexity index is 622. The van der Waals surface area contributed by atoms with Gasteiger partial charge in [0.25, 0.3) is 0 Å². The van der Waals surface area contributed by atoms with Crippen LogP contribution in [-0.2, 0) is 13.5 Å². The highest BCUT2D eigenvalue weighted by molar-refractivity contribution is 5.60. The van der Waals surface area contributed by atoms with E-state index in [1.54, 1.807) is 11.7 Å². The van der Waals surface area contributed by atoms with Crippen LogP contribution in [0.15, 0.2) is 30.3 Å². The van der Waals surface area contributed by atoms with Crippen molar-refractivity contribution in [2.24, 2.45) is 7.05 Å². The summed E-state index contributed by atoms with van der Waals surface area (Å²) in [5, 5.41) is 18.9. The molecular formula is C15H20N4O2. The van der Waals surface area contributed by atoms with Gasteiger partial charge in [0, 0.05) is 7.05 Å². The molecule has 1 atom stereocenters. The minimum absolute atomic E-state index is 0.0185. The molecule has 21 heavy (non-hydrogen) atoms. The van der Waals surface area contributed by atoms with E-state index in [2.05, 4.69) is 10.4 Å². The maximum atomic E-state index is 11.3. The van der Waals surface area contributed by atoms with Gasteiger partial charge in [0.1, 0.15) is 5.69 Å². The van der Waals surface area contributed by atoms with Crippen LogP contribution in [0.3, 0.4) is 0 Å². The van der Waals surface area contributed by atoms with Crippen LogP contribution in [0.5, 0.6) is 0 Å². The van der Waals surface area contributed by atoms with Crippen LogP contribution in [0.2, 0.25) is 0 Å². The zero-order valence-electron chi connectivity index (χ0n) is 12.5. The summed E-state index contributed by atoms with van der Waals surface area (Å²) in [4.78, 5) is 11.0. The van der Waals surface area contributed by atoms with Crippen LogP contribution < -0.4 is 5.32 Å². The summed E-state index contributed by atoms with van der Waals surface area (Å²) in [6, 6.07) is 9.94. The Balaban J connectivity index is 2.38. The molecule has 6 nitrogen and oxygen atoms in total. The van der Waals surface area contributed by atoms with Crippen LogP contribution in [0.25, 0.3) is 0 Å². The summed E-state index contributed by atoms with van der Waals surface area (Å²) in [6.07, 6.45) is 1.36. The molecule has 112 valence electrons. The first kappa shape index (κ1) is 15.0. The van der Waals surface area contributed by atoms with Gasteiger partial charge in [-0.15, -0.1) is 0 Å². The predicted molar refractivity (Wildman–Crippen MR) is 82.3 cm³/mol. The van der Waals surface area contributed by atoms with Gasteiger partial charge in [-0.2, -0.15) is 5.10 Å². The lowest BCUT2D eigenvalue weighted by Gasteiger charge is -2.18. The molecule has 6 heteroatoms. The van der Waals surface area contributed by atoms with E-state index in [0.29, 0.717) is 17.9 Å². The van der Waals surface area contributed by atoms with Gasteiger partial charge in [-0.3, -0.25) is 10.1 Å². The molecule has 1 unspecified atom stereocenters. The van der Waals surface area contributed by atoms with Crippen LogP contribution >= 0.6 is 0 Å². The highest BCUT2D eigenvalue weighted by Crippen LogP contribution is 2.32. The van der Waals surface area contributed by atoms with Crippen molar-refractivity contribution in [3.8, 4) is 0 Å². The smallest absolute Gasteiger partial charge is 0.333 e. The molecule has 0 spiro atoms. The summed E-state index contributed by atoms with van der Waals surface area (Å²) in [5.74, 6) is 0.465. The summed E-state index contributed by atoms with van der Waals surface area (Å²) in [5.41, 5.74) is 1.69. The monoisotopic (exact) mass is 288 g/mol. The quantitative estimate of drug-likeness (QED) is 0.652. The van der Waals surface area contributed by atoms with Crippen LogP contribution in [-0.4, -0.2) is 14.7 Å².